The van der Waals surface area contributed by atoms with Crippen molar-refractivity contribution >= 4 is 22.6 Å². The minimum atomic E-state index is -1.06. The van der Waals surface area contributed by atoms with Crippen molar-refractivity contribution in [2.45, 2.75) is 39.3 Å². The van der Waals surface area contributed by atoms with Gasteiger partial charge in [0.2, 0.25) is 0 Å². The summed E-state index contributed by atoms with van der Waals surface area (Å²) in [6.45, 7) is 8.04. The quantitative estimate of drug-likeness (QED) is 0.867. The van der Waals surface area contributed by atoms with Crippen LogP contribution in [0.25, 0.3) is 11.0 Å². The highest BCUT2D eigenvalue weighted by Gasteiger charge is 2.47. The van der Waals surface area contributed by atoms with Crippen molar-refractivity contribution in [1.29, 1.82) is 0 Å². The summed E-state index contributed by atoms with van der Waals surface area (Å²) in [4.78, 5) is 1.60. The van der Waals surface area contributed by atoms with E-state index in [1.807, 2.05) is 52.0 Å². The van der Waals surface area contributed by atoms with E-state index in [1.165, 1.54) is 0 Å². The van der Waals surface area contributed by atoms with Crippen LogP contribution in [0.3, 0.4) is 0 Å². The summed E-state index contributed by atoms with van der Waals surface area (Å²) in [6.07, 6.45) is 5.81. The molecule has 1 aliphatic carbocycles. The molecule has 0 amide bonds. The Morgan fingerprint density at radius 3 is 2.59 bits per heavy atom. The van der Waals surface area contributed by atoms with Crippen molar-refractivity contribution in [3.8, 4) is 0 Å². The first-order chi connectivity index (χ1) is 10.2. The molecule has 5 heteroatoms. The van der Waals surface area contributed by atoms with Gasteiger partial charge < -0.3 is 5.11 Å². The van der Waals surface area contributed by atoms with Crippen LogP contribution < -0.4 is 0 Å². The van der Waals surface area contributed by atoms with E-state index < -0.39 is 5.60 Å². The Hall–Kier alpha value is -1.65. The smallest absolute Gasteiger partial charge is 0.123 e. The van der Waals surface area contributed by atoms with Gasteiger partial charge in [0.25, 0.3) is 0 Å². The molecule has 3 rings (SSSR count). The number of hydrogen-bond donors (Lipinski definition) is 1. The molecule has 22 heavy (non-hydrogen) atoms. The number of nitrogens with zero attached hydrogens (tertiary/aromatic N) is 3. The van der Waals surface area contributed by atoms with E-state index in [2.05, 4.69) is 10.2 Å². The molecule has 0 aliphatic heterocycles. The number of aromatic nitrogens is 3. The van der Waals surface area contributed by atoms with Crippen LogP contribution in [0.15, 0.2) is 42.0 Å². The first kappa shape index (κ1) is 15.3. The van der Waals surface area contributed by atoms with Crippen molar-refractivity contribution in [2.75, 3.05) is 0 Å². The number of aliphatic hydroxyl groups is 1. The highest BCUT2D eigenvalue weighted by atomic mass is 35.5. The fourth-order valence-corrected chi connectivity index (χ4v) is 2.92. The average molecular weight is 318 g/mol. The second-order valence-electron chi connectivity index (χ2n) is 6.92. The molecule has 1 heterocycles. The molecule has 0 fully saturated rings. The Kier molecular flexibility index (Phi) is 3.42. The topological polar surface area (TPSA) is 50.9 Å². The summed E-state index contributed by atoms with van der Waals surface area (Å²) in [6, 6.07) is 5.06. The Balaban J connectivity index is 2.15. The van der Waals surface area contributed by atoms with Gasteiger partial charge in [-0.3, -0.25) is 0 Å². The van der Waals surface area contributed by atoms with E-state index >= 15 is 0 Å². The van der Waals surface area contributed by atoms with Crippen LogP contribution in [0.4, 0.5) is 0 Å². The maximum atomic E-state index is 11.3. The van der Waals surface area contributed by atoms with Crippen LogP contribution >= 0.6 is 11.6 Å². The van der Waals surface area contributed by atoms with Gasteiger partial charge in [-0.2, -0.15) is 15.0 Å². The second-order valence-corrected chi connectivity index (χ2v) is 7.35. The molecule has 2 atom stereocenters. The number of fused-ring (bicyclic) bond motifs is 1. The lowest BCUT2D eigenvalue weighted by Gasteiger charge is -2.43. The number of halogens is 1. The largest absolute Gasteiger partial charge is 0.383 e. The molecule has 0 spiro atoms. The van der Waals surface area contributed by atoms with Crippen molar-refractivity contribution < 1.29 is 5.11 Å². The number of rotatable bonds is 1. The van der Waals surface area contributed by atoms with E-state index in [0.717, 1.165) is 16.6 Å². The number of benzene rings is 1. The molecule has 0 saturated heterocycles. The summed E-state index contributed by atoms with van der Waals surface area (Å²) < 4.78 is 0. The standard InChI is InChI=1S/C17H20ClN3O/c1-11-7-8-17(22,16(2,3)4)15(9-11)21-19-13-6-5-12(18)10-14(13)20-21/h5-10,15,22H,1-4H3. The SMILES string of the molecule is CC1=CC(n2nc3ccc(Cl)cc3n2)C(O)(C(C)(C)C)C=C1. The van der Waals surface area contributed by atoms with Crippen molar-refractivity contribution in [3.05, 3.63) is 47.0 Å². The van der Waals surface area contributed by atoms with Crippen molar-refractivity contribution in [3.63, 3.8) is 0 Å². The van der Waals surface area contributed by atoms with Crippen molar-refractivity contribution in [1.82, 2.24) is 15.0 Å². The molecule has 0 radical (unpaired) electrons. The molecule has 2 aromatic rings. The Labute approximate surface area is 135 Å². The lowest BCUT2D eigenvalue weighted by molar-refractivity contribution is -0.0508. The third kappa shape index (κ3) is 2.36. The summed E-state index contributed by atoms with van der Waals surface area (Å²) in [5.74, 6) is 0. The van der Waals surface area contributed by atoms with Crippen LogP contribution in [0.1, 0.15) is 33.7 Å². The van der Waals surface area contributed by atoms with E-state index in [9.17, 15) is 5.11 Å². The van der Waals surface area contributed by atoms with Crippen LogP contribution in [0.5, 0.6) is 0 Å². The van der Waals surface area contributed by atoms with Gasteiger partial charge in [-0.1, -0.05) is 50.1 Å². The van der Waals surface area contributed by atoms with Gasteiger partial charge in [0, 0.05) is 5.02 Å². The van der Waals surface area contributed by atoms with Crippen LogP contribution in [-0.2, 0) is 0 Å². The fourth-order valence-electron chi connectivity index (χ4n) is 2.75. The number of hydrogen-bond acceptors (Lipinski definition) is 3. The highest BCUT2D eigenvalue weighted by Crippen LogP contribution is 2.43. The first-order valence-corrected chi connectivity index (χ1v) is 7.71. The highest BCUT2D eigenvalue weighted by molar-refractivity contribution is 6.31. The molecule has 2 unspecified atom stereocenters. The van der Waals surface area contributed by atoms with Crippen LogP contribution in [-0.4, -0.2) is 25.7 Å². The molecule has 0 bridgehead atoms. The molecule has 1 aromatic carbocycles. The van der Waals surface area contributed by atoms with E-state index in [1.54, 1.807) is 16.9 Å². The van der Waals surface area contributed by atoms with Gasteiger partial charge in [-0.25, -0.2) is 0 Å². The lowest BCUT2D eigenvalue weighted by Crippen LogP contribution is -2.49. The Morgan fingerprint density at radius 2 is 1.91 bits per heavy atom. The molecule has 1 aliphatic rings. The molecule has 1 N–H and O–H groups in total. The lowest BCUT2D eigenvalue weighted by atomic mass is 9.69. The summed E-state index contributed by atoms with van der Waals surface area (Å²) in [5.41, 5.74) is 1.15. The van der Waals surface area contributed by atoms with E-state index in [4.69, 9.17) is 11.6 Å². The predicted octanol–water partition coefficient (Wildman–Crippen LogP) is 3.92. The molecule has 4 nitrogen and oxygen atoms in total. The normalized spacial score (nSPS) is 25.5. The fraction of sp³-hybridized carbons (Fsp3) is 0.412. The summed E-state index contributed by atoms with van der Waals surface area (Å²) in [7, 11) is 0. The van der Waals surface area contributed by atoms with Gasteiger partial charge >= 0.3 is 0 Å². The molecular formula is C17H20ClN3O. The third-order valence-corrected chi connectivity index (χ3v) is 4.52. The molecule has 0 saturated carbocycles. The Morgan fingerprint density at radius 1 is 1.23 bits per heavy atom. The molecule has 1 aromatic heterocycles. The minimum Gasteiger partial charge on any atom is -0.383 e. The predicted molar refractivity (Wildman–Crippen MR) is 88.9 cm³/mol. The zero-order chi connectivity index (χ0) is 16.1. The van der Waals surface area contributed by atoms with Gasteiger partial charge in [0.05, 0.1) is 0 Å². The number of allylic oxidation sites excluding steroid dienone is 2. The van der Waals surface area contributed by atoms with E-state index in [0.29, 0.717) is 5.02 Å². The summed E-state index contributed by atoms with van der Waals surface area (Å²) in [5, 5.41) is 20.9. The monoisotopic (exact) mass is 317 g/mol. The van der Waals surface area contributed by atoms with E-state index in [-0.39, 0.29) is 11.5 Å². The Bertz CT molecular complexity index is 785. The van der Waals surface area contributed by atoms with Gasteiger partial charge in [-0.15, -0.1) is 0 Å². The van der Waals surface area contributed by atoms with Gasteiger partial charge in [0.15, 0.2) is 0 Å². The zero-order valence-electron chi connectivity index (χ0n) is 13.2. The average Bonchev–Trinajstić information content (AvgIpc) is 2.83. The van der Waals surface area contributed by atoms with Crippen molar-refractivity contribution in [2.24, 2.45) is 5.41 Å². The van der Waals surface area contributed by atoms with Gasteiger partial charge in [-0.05, 0) is 36.6 Å². The summed E-state index contributed by atoms with van der Waals surface area (Å²) >= 11 is 6.02. The molecular weight excluding hydrogens is 298 g/mol. The van der Waals surface area contributed by atoms with Gasteiger partial charge in [0.1, 0.15) is 22.7 Å². The third-order valence-electron chi connectivity index (χ3n) is 4.28. The first-order valence-electron chi connectivity index (χ1n) is 7.33. The van der Waals surface area contributed by atoms with Crippen LogP contribution in [0, 0.1) is 5.41 Å². The van der Waals surface area contributed by atoms with Crippen LogP contribution in [0.2, 0.25) is 5.02 Å². The second kappa shape index (κ2) is 4.93. The molecule has 116 valence electrons. The zero-order valence-corrected chi connectivity index (χ0v) is 14.0. The minimum absolute atomic E-state index is 0.358. The maximum Gasteiger partial charge on any atom is 0.123 e. The maximum absolute atomic E-state index is 11.3.